The van der Waals surface area contributed by atoms with Gasteiger partial charge >= 0.3 is 6.09 Å². The van der Waals surface area contributed by atoms with Gasteiger partial charge in [-0.2, -0.15) is 0 Å². The Labute approximate surface area is 233 Å². The maximum absolute atomic E-state index is 13.2. The standard InChI is InChI=1S/C28H35N5O6S/c1-7-22-18(3)21(14-29-16-34)23(25(31-22)32-27(36)39-28(4,5)6)20-13-17(2)30-26(35)24(20)33-40(37,38)15-19-11-9-8-10-12-19/h8-13,16,22,33H,3,7,14-15H2,1-2,4-6H3,(H,29,34)(H,30,35)(H,31,32,36). The minimum atomic E-state index is -4.05. The predicted molar refractivity (Wildman–Crippen MR) is 155 cm³/mol. The largest absolute Gasteiger partial charge is 0.444 e. The van der Waals surface area contributed by atoms with Crippen LogP contribution in [-0.2, 0) is 25.3 Å². The summed E-state index contributed by atoms with van der Waals surface area (Å²) < 4.78 is 34.3. The third-order valence-electron chi connectivity index (χ3n) is 5.88. The van der Waals surface area contributed by atoms with Gasteiger partial charge in [0, 0.05) is 23.4 Å². The van der Waals surface area contributed by atoms with E-state index in [0.717, 1.165) is 0 Å². The summed E-state index contributed by atoms with van der Waals surface area (Å²) in [6, 6.07) is 9.66. The van der Waals surface area contributed by atoms with Crippen molar-refractivity contribution in [2.75, 3.05) is 11.3 Å². The highest BCUT2D eigenvalue weighted by Gasteiger charge is 2.32. The molecule has 214 valence electrons. The Morgan fingerprint density at radius 2 is 1.90 bits per heavy atom. The number of amides is 2. The molecule has 1 aromatic carbocycles. The van der Waals surface area contributed by atoms with Crippen LogP contribution < -0.4 is 20.9 Å². The van der Waals surface area contributed by atoms with Crippen LogP contribution in [0, 0.1) is 6.92 Å². The lowest BCUT2D eigenvalue weighted by Crippen LogP contribution is -2.40. The lowest BCUT2D eigenvalue weighted by Gasteiger charge is -2.30. The molecule has 1 aliphatic heterocycles. The first-order valence-corrected chi connectivity index (χ1v) is 14.4. The van der Waals surface area contributed by atoms with Gasteiger partial charge in [-0.3, -0.25) is 24.6 Å². The van der Waals surface area contributed by atoms with Crippen molar-refractivity contribution in [3.05, 3.63) is 81.3 Å². The van der Waals surface area contributed by atoms with E-state index in [-0.39, 0.29) is 35.0 Å². The Bertz CT molecular complexity index is 1520. The number of alkyl carbamates (subject to hydrolysis) is 1. The molecule has 1 aromatic heterocycles. The van der Waals surface area contributed by atoms with Crippen molar-refractivity contribution in [2.24, 2.45) is 4.99 Å². The predicted octanol–water partition coefficient (Wildman–Crippen LogP) is 3.40. The Kier molecular flexibility index (Phi) is 9.36. The van der Waals surface area contributed by atoms with Crippen LogP contribution in [0.2, 0.25) is 0 Å². The Hall–Kier alpha value is -4.19. The second-order valence-corrected chi connectivity index (χ2v) is 12.0. The number of hydrogen-bond donors (Lipinski definition) is 4. The van der Waals surface area contributed by atoms with E-state index in [0.29, 0.717) is 35.2 Å². The number of pyridine rings is 1. The second-order valence-electron chi connectivity index (χ2n) is 10.3. The first-order chi connectivity index (χ1) is 18.7. The summed E-state index contributed by atoms with van der Waals surface area (Å²) in [5.41, 5.74) is 0.626. The SMILES string of the molecule is C=C1C(CNC=O)=C(c2cc(C)[nH]c(=O)c2NS(=O)(=O)Cc2ccccc2)C(NC(=O)OC(C)(C)C)=NC1CC. The highest BCUT2D eigenvalue weighted by atomic mass is 32.2. The molecule has 0 spiro atoms. The molecule has 1 unspecified atom stereocenters. The van der Waals surface area contributed by atoms with E-state index in [1.54, 1.807) is 64.1 Å². The number of aromatic nitrogens is 1. The van der Waals surface area contributed by atoms with Crippen molar-refractivity contribution in [3.63, 3.8) is 0 Å². The molecule has 0 bridgehead atoms. The summed E-state index contributed by atoms with van der Waals surface area (Å²) in [5, 5.41) is 5.28. The number of aromatic amines is 1. The molecule has 2 heterocycles. The number of amidine groups is 1. The maximum Gasteiger partial charge on any atom is 0.413 e. The van der Waals surface area contributed by atoms with Gasteiger partial charge in [-0.25, -0.2) is 13.2 Å². The number of ether oxygens (including phenoxy) is 1. The fraction of sp³-hybridized carbons (Fsp3) is 0.357. The lowest BCUT2D eigenvalue weighted by atomic mass is 9.86. The molecule has 0 aliphatic carbocycles. The Morgan fingerprint density at radius 3 is 2.50 bits per heavy atom. The topological polar surface area (TPSA) is 159 Å². The van der Waals surface area contributed by atoms with Gasteiger partial charge in [-0.1, -0.05) is 43.8 Å². The van der Waals surface area contributed by atoms with Crippen molar-refractivity contribution in [1.82, 2.24) is 15.6 Å². The van der Waals surface area contributed by atoms with Gasteiger partial charge in [0.25, 0.3) is 5.56 Å². The Morgan fingerprint density at radius 1 is 1.23 bits per heavy atom. The van der Waals surface area contributed by atoms with Crippen LogP contribution in [0.25, 0.3) is 5.57 Å². The van der Waals surface area contributed by atoms with E-state index < -0.39 is 33.3 Å². The second kappa shape index (κ2) is 12.3. The molecule has 2 amide bonds. The van der Waals surface area contributed by atoms with Gasteiger partial charge in [0.05, 0.1) is 11.8 Å². The zero-order valence-electron chi connectivity index (χ0n) is 23.3. The molecule has 0 saturated carbocycles. The number of hydrogen-bond acceptors (Lipinski definition) is 7. The van der Waals surface area contributed by atoms with E-state index in [2.05, 4.69) is 31.9 Å². The average molecular weight is 570 g/mol. The van der Waals surface area contributed by atoms with Crippen molar-refractivity contribution in [1.29, 1.82) is 0 Å². The number of carbonyl (C=O) groups is 2. The van der Waals surface area contributed by atoms with E-state index in [1.165, 1.54) is 0 Å². The fourth-order valence-electron chi connectivity index (χ4n) is 4.24. The van der Waals surface area contributed by atoms with Crippen molar-refractivity contribution in [2.45, 2.75) is 58.4 Å². The number of anilines is 1. The van der Waals surface area contributed by atoms with Crippen LogP contribution in [0.4, 0.5) is 10.5 Å². The number of H-pyrrole nitrogens is 1. The maximum atomic E-state index is 13.2. The molecule has 2 aromatic rings. The Balaban J connectivity index is 2.22. The monoisotopic (exact) mass is 569 g/mol. The molecule has 4 N–H and O–H groups in total. The summed E-state index contributed by atoms with van der Waals surface area (Å²) in [6.07, 6.45) is 0.251. The van der Waals surface area contributed by atoms with Crippen LogP contribution >= 0.6 is 0 Å². The van der Waals surface area contributed by atoms with Crippen LogP contribution in [0.5, 0.6) is 0 Å². The molecular formula is C28H35N5O6S. The van der Waals surface area contributed by atoms with E-state index in [4.69, 9.17) is 4.74 Å². The van der Waals surface area contributed by atoms with Crippen molar-refractivity contribution in [3.8, 4) is 0 Å². The number of nitrogens with one attached hydrogen (secondary N) is 4. The molecule has 1 aliphatic rings. The number of dihydropyridines is 1. The normalized spacial score (nSPS) is 15.8. The van der Waals surface area contributed by atoms with Crippen molar-refractivity contribution < 1.29 is 22.7 Å². The fourth-order valence-corrected chi connectivity index (χ4v) is 5.46. The average Bonchev–Trinajstić information content (AvgIpc) is 2.84. The van der Waals surface area contributed by atoms with E-state index in [1.807, 2.05) is 6.92 Å². The number of rotatable bonds is 9. The number of aliphatic imine (C=N–C) groups is 1. The molecule has 0 saturated heterocycles. The third kappa shape index (κ3) is 7.69. The molecule has 0 radical (unpaired) electrons. The van der Waals surface area contributed by atoms with Gasteiger partial charge in [-0.05, 0) is 56.9 Å². The third-order valence-corrected chi connectivity index (χ3v) is 7.10. The van der Waals surface area contributed by atoms with Gasteiger partial charge in [-0.15, -0.1) is 0 Å². The number of benzene rings is 1. The summed E-state index contributed by atoms with van der Waals surface area (Å²) in [6.45, 7) is 12.8. The quantitative estimate of drug-likeness (QED) is 0.339. The molecular weight excluding hydrogens is 534 g/mol. The van der Waals surface area contributed by atoms with Crippen LogP contribution in [0.15, 0.2) is 63.9 Å². The molecule has 3 rings (SSSR count). The zero-order valence-corrected chi connectivity index (χ0v) is 24.1. The minimum Gasteiger partial charge on any atom is -0.444 e. The summed E-state index contributed by atoms with van der Waals surface area (Å²) in [4.78, 5) is 44.6. The van der Waals surface area contributed by atoms with Crippen LogP contribution in [0.3, 0.4) is 0 Å². The van der Waals surface area contributed by atoms with Crippen molar-refractivity contribution >= 4 is 39.6 Å². The minimum absolute atomic E-state index is 0.00869. The smallest absolute Gasteiger partial charge is 0.413 e. The van der Waals surface area contributed by atoms with Crippen LogP contribution in [0.1, 0.15) is 50.9 Å². The molecule has 11 nitrogen and oxygen atoms in total. The van der Waals surface area contributed by atoms with Gasteiger partial charge in [0.15, 0.2) is 0 Å². The molecule has 40 heavy (non-hydrogen) atoms. The number of carbonyl (C=O) groups excluding carboxylic acids is 2. The highest BCUT2D eigenvalue weighted by Crippen LogP contribution is 2.35. The van der Waals surface area contributed by atoms with Gasteiger partial charge in [0.1, 0.15) is 17.1 Å². The van der Waals surface area contributed by atoms with E-state index >= 15 is 0 Å². The summed E-state index contributed by atoms with van der Waals surface area (Å²) >= 11 is 0. The zero-order chi connectivity index (χ0) is 29.7. The first-order valence-electron chi connectivity index (χ1n) is 12.7. The van der Waals surface area contributed by atoms with Gasteiger partial charge < -0.3 is 15.0 Å². The molecule has 1 atom stereocenters. The number of sulfonamides is 1. The summed E-state index contributed by atoms with van der Waals surface area (Å²) in [5.74, 6) is -0.314. The van der Waals surface area contributed by atoms with Crippen LogP contribution in [-0.4, -0.2) is 49.9 Å². The number of nitrogens with zero attached hydrogens (tertiary/aromatic N) is 1. The summed E-state index contributed by atoms with van der Waals surface area (Å²) in [7, 11) is -4.05. The molecule has 0 fully saturated rings. The lowest BCUT2D eigenvalue weighted by molar-refractivity contribution is -0.109. The first kappa shape index (κ1) is 30.4. The molecule has 12 heteroatoms. The van der Waals surface area contributed by atoms with E-state index in [9.17, 15) is 22.8 Å². The number of aryl methyl sites for hydroxylation is 1. The van der Waals surface area contributed by atoms with Gasteiger partial charge in [0.2, 0.25) is 16.4 Å². The highest BCUT2D eigenvalue weighted by molar-refractivity contribution is 7.91.